The number of carbonyl (C=O) groups excluding carboxylic acids is 2. The zero-order valence-electron chi connectivity index (χ0n) is 16.0. The number of anilines is 1. The molecule has 0 saturated heterocycles. The Balaban J connectivity index is 3.57. The Bertz CT molecular complexity index is 704. The summed E-state index contributed by atoms with van der Waals surface area (Å²) in [5.41, 5.74) is 0.777. The van der Waals surface area contributed by atoms with Crippen LogP contribution in [-0.4, -0.2) is 88.5 Å². The second-order valence-electron chi connectivity index (χ2n) is 6.37. The molecule has 1 aromatic rings. The van der Waals surface area contributed by atoms with E-state index in [1.165, 1.54) is 0 Å². The van der Waals surface area contributed by atoms with E-state index >= 15 is 0 Å². The fourth-order valence-corrected chi connectivity index (χ4v) is 6.81. The molecular formula is C17H24I3N3O7. The van der Waals surface area contributed by atoms with Crippen LogP contribution >= 0.6 is 67.8 Å². The Hall–Kier alpha value is -0.0500. The molecule has 13 heteroatoms. The van der Waals surface area contributed by atoms with Gasteiger partial charge in [-0.1, -0.05) is 0 Å². The average Bonchev–Trinajstić information content (AvgIpc) is 2.69. The Morgan fingerprint density at radius 3 is 1.47 bits per heavy atom. The van der Waals surface area contributed by atoms with Crippen molar-refractivity contribution in [3.8, 4) is 0 Å². The van der Waals surface area contributed by atoms with Gasteiger partial charge in [-0.15, -0.1) is 0 Å². The van der Waals surface area contributed by atoms with Crippen molar-refractivity contribution in [2.45, 2.75) is 25.1 Å². The lowest BCUT2D eigenvalue weighted by Gasteiger charge is -2.22. The third-order valence-corrected chi connectivity index (χ3v) is 7.13. The molecular weight excluding hydrogens is 739 g/mol. The van der Waals surface area contributed by atoms with Gasteiger partial charge in [-0.25, -0.2) is 0 Å². The third-order valence-electron chi connectivity index (χ3n) is 3.90. The molecule has 1 aromatic carbocycles. The molecule has 170 valence electrons. The fourth-order valence-electron chi connectivity index (χ4n) is 2.28. The van der Waals surface area contributed by atoms with Gasteiger partial charge >= 0.3 is 0 Å². The summed E-state index contributed by atoms with van der Waals surface area (Å²) in [4.78, 5) is 25.8. The highest BCUT2D eigenvalue weighted by Crippen LogP contribution is 2.36. The van der Waals surface area contributed by atoms with Crippen molar-refractivity contribution in [3.63, 3.8) is 0 Å². The summed E-state index contributed by atoms with van der Waals surface area (Å²) in [5, 5.41) is 54.8. The molecule has 0 spiro atoms. The number of benzene rings is 1. The van der Waals surface area contributed by atoms with E-state index in [0.29, 0.717) is 16.4 Å². The van der Waals surface area contributed by atoms with Gasteiger partial charge < -0.3 is 41.5 Å². The van der Waals surface area contributed by atoms with Crippen LogP contribution in [0, 0.1) is 10.7 Å². The van der Waals surface area contributed by atoms with Crippen LogP contribution in [-0.2, 0) is 0 Å². The van der Waals surface area contributed by atoms with Crippen LogP contribution in [0.2, 0.25) is 0 Å². The van der Waals surface area contributed by atoms with Gasteiger partial charge in [0.15, 0.2) is 0 Å². The Morgan fingerprint density at radius 2 is 1.17 bits per heavy atom. The van der Waals surface area contributed by atoms with E-state index in [0.717, 1.165) is 0 Å². The Morgan fingerprint density at radius 1 is 0.800 bits per heavy atom. The fraction of sp³-hybridized carbons (Fsp3) is 0.529. The molecule has 0 aliphatic carbocycles. The highest BCUT2D eigenvalue weighted by atomic mass is 127. The van der Waals surface area contributed by atoms with Gasteiger partial charge in [0.2, 0.25) is 0 Å². The summed E-state index contributed by atoms with van der Waals surface area (Å²) in [6, 6.07) is -1.75. The quantitative estimate of drug-likeness (QED) is 0.139. The molecule has 2 amide bonds. The standard InChI is InChI=1S/C17H24I3N3O7/c1-7(28)2-21-15-13(19)10(16(29)22-8(3-24)4-25)12(18)11(14(15)20)17(30)23-9(5-26)6-27/h7-9,21,24-28H,2-6H2,1H3,(H,22,29)(H,23,30)/t7-/m0/s1. The van der Waals surface area contributed by atoms with E-state index in [1.807, 2.05) is 67.8 Å². The van der Waals surface area contributed by atoms with Crippen LogP contribution in [0.4, 0.5) is 5.69 Å². The number of nitrogens with one attached hydrogen (secondary N) is 3. The van der Waals surface area contributed by atoms with Crippen molar-refractivity contribution in [2.24, 2.45) is 0 Å². The lowest BCUT2D eigenvalue weighted by atomic mass is 10.1. The Kier molecular flexibility index (Phi) is 12.6. The van der Waals surface area contributed by atoms with Crippen molar-refractivity contribution >= 4 is 85.3 Å². The van der Waals surface area contributed by atoms with E-state index in [4.69, 9.17) is 0 Å². The first-order valence-electron chi connectivity index (χ1n) is 8.80. The zero-order valence-corrected chi connectivity index (χ0v) is 22.4. The average molecular weight is 763 g/mol. The molecule has 10 nitrogen and oxygen atoms in total. The number of aliphatic hydroxyl groups excluding tert-OH is 5. The lowest BCUT2D eigenvalue weighted by Crippen LogP contribution is -2.42. The zero-order chi connectivity index (χ0) is 23.0. The van der Waals surface area contributed by atoms with Crippen LogP contribution < -0.4 is 16.0 Å². The maximum absolute atomic E-state index is 12.9. The summed E-state index contributed by atoms with van der Waals surface area (Å²) >= 11 is 5.77. The molecule has 0 radical (unpaired) electrons. The molecule has 0 aliphatic rings. The summed E-state index contributed by atoms with van der Waals surface area (Å²) in [5.74, 6) is -1.19. The van der Waals surface area contributed by atoms with E-state index < -0.39 is 56.4 Å². The topological polar surface area (TPSA) is 171 Å². The van der Waals surface area contributed by atoms with Crippen molar-refractivity contribution in [2.75, 3.05) is 38.3 Å². The van der Waals surface area contributed by atoms with Gasteiger partial charge in [0.1, 0.15) is 0 Å². The normalized spacial score (nSPS) is 12.2. The largest absolute Gasteiger partial charge is 0.394 e. The van der Waals surface area contributed by atoms with Crippen molar-refractivity contribution < 1.29 is 35.1 Å². The smallest absolute Gasteiger partial charge is 0.253 e. The first-order chi connectivity index (χ1) is 14.1. The molecule has 0 heterocycles. The molecule has 1 rings (SSSR count). The molecule has 0 fully saturated rings. The summed E-state index contributed by atoms with van der Waals surface area (Å²) in [6.07, 6.45) is -0.688. The second-order valence-corrected chi connectivity index (χ2v) is 9.60. The molecule has 0 bridgehead atoms. The second kappa shape index (κ2) is 13.5. The van der Waals surface area contributed by atoms with E-state index in [-0.39, 0.29) is 17.7 Å². The maximum atomic E-state index is 12.9. The molecule has 1 atom stereocenters. The predicted octanol–water partition coefficient (Wildman–Crippen LogP) is -0.541. The van der Waals surface area contributed by atoms with Gasteiger partial charge in [0.25, 0.3) is 11.8 Å². The number of amides is 2. The van der Waals surface area contributed by atoms with Gasteiger partial charge in [-0.2, -0.15) is 0 Å². The lowest BCUT2D eigenvalue weighted by molar-refractivity contribution is 0.0874. The highest BCUT2D eigenvalue weighted by molar-refractivity contribution is 14.1. The number of hydrogen-bond donors (Lipinski definition) is 8. The molecule has 0 saturated carbocycles. The minimum atomic E-state index is -0.873. The molecule has 0 aromatic heterocycles. The van der Waals surface area contributed by atoms with Crippen molar-refractivity contribution in [1.29, 1.82) is 0 Å². The number of halogens is 3. The van der Waals surface area contributed by atoms with E-state index in [2.05, 4.69) is 16.0 Å². The summed E-state index contributed by atoms with van der Waals surface area (Å²) < 4.78 is 1.31. The van der Waals surface area contributed by atoms with Crippen LogP contribution in [0.3, 0.4) is 0 Å². The van der Waals surface area contributed by atoms with E-state index in [9.17, 15) is 35.1 Å². The maximum Gasteiger partial charge on any atom is 0.253 e. The van der Waals surface area contributed by atoms with Gasteiger partial charge in [-0.05, 0) is 74.7 Å². The first-order valence-corrected chi connectivity index (χ1v) is 12.0. The molecule has 30 heavy (non-hydrogen) atoms. The van der Waals surface area contributed by atoms with Gasteiger partial charge in [0, 0.05) is 10.1 Å². The van der Waals surface area contributed by atoms with E-state index in [1.54, 1.807) is 6.92 Å². The van der Waals surface area contributed by atoms with Gasteiger partial charge in [-0.3, -0.25) is 9.59 Å². The number of carbonyl (C=O) groups is 2. The van der Waals surface area contributed by atoms with Crippen LogP contribution in [0.25, 0.3) is 0 Å². The van der Waals surface area contributed by atoms with Gasteiger partial charge in [0.05, 0.1) is 68.6 Å². The first kappa shape index (κ1) is 28.0. The van der Waals surface area contributed by atoms with Crippen molar-refractivity contribution in [3.05, 3.63) is 21.8 Å². The minimum Gasteiger partial charge on any atom is -0.394 e. The van der Waals surface area contributed by atoms with Crippen LogP contribution in [0.15, 0.2) is 0 Å². The number of hydrogen-bond acceptors (Lipinski definition) is 8. The minimum absolute atomic E-state index is 0.159. The van der Waals surface area contributed by atoms with Crippen molar-refractivity contribution in [1.82, 2.24) is 10.6 Å². The SMILES string of the molecule is C[C@H](O)CNc1c(I)c(C(=O)NC(CO)CO)c(I)c(C(=O)NC(CO)CO)c1I. The monoisotopic (exact) mass is 763 g/mol. The summed E-state index contributed by atoms with van der Waals surface area (Å²) in [7, 11) is 0. The predicted molar refractivity (Wildman–Crippen MR) is 136 cm³/mol. The van der Waals surface area contributed by atoms with Crippen LogP contribution in [0.5, 0.6) is 0 Å². The molecule has 0 unspecified atom stereocenters. The molecule has 8 N–H and O–H groups in total. The number of rotatable bonds is 11. The highest BCUT2D eigenvalue weighted by Gasteiger charge is 2.29. The summed E-state index contributed by atoms with van der Waals surface area (Å²) in [6.45, 7) is -0.102. The number of aliphatic hydroxyl groups is 5. The third kappa shape index (κ3) is 7.24. The molecule has 0 aliphatic heterocycles. The van der Waals surface area contributed by atoms with Crippen LogP contribution in [0.1, 0.15) is 27.6 Å². The Labute approximate surface area is 214 Å².